The van der Waals surface area contributed by atoms with Crippen LogP contribution in [0.2, 0.25) is 0 Å². The van der Waals surface area contributed by atoms with Crippen molar-refractivity contribution in [2.45, 2.75) is 32.3 Å². The monoisotopic (exact) mass is 446 g/mol. The van der Waals surface area contributed by atoms with Gasteiger partial charge in [0.25, 0.3) is 5.91 Å². The fourth-order valence-electron chi connectivity index (χ4n) is 3.10. The minimum Gasteiger partial charge on any atom is -0.317 e. The minimum atomic E-state index is -4.00. The first-order valence-corrected chi connectivity index (χ1v) is 10.6. The van der Waals surface area contributed by atoms with Gasteiger partial charge >= 0.3 is 0 Å². The van der Waals surface area contributed by atoms with Crippen LogP contribution in [-0.4, -0.2) is 37.4 Å². The van der Waals surface area contributed by atoms with Crippen molar-refractivity contribution in [2.75, 3.05) is 13.1 Å². The molecule has 0 aromatic heterocycles. The highest BCUT2D eigenvalue weighted by molar-refractivity contribution is 7.99. The molecule has 0 radical (unpaired) electrons. The molecule has 1 amide bonds. The van der Waals surface area contributed by atoms with E-state index in [1.165, 1.54) is 41.5 Å². The molecule has 28 heavy (non-hydrogen) atoms. The van der Waals surface area contributed by atoms with E-state index in [2.05, 4.69) is 5.32 Å². The standard InChI is InChI=1S/C18H19FN2O4S2.ClH/c19-13-1-3-14(4-2-13)26-15-5-7-16(8-6-15)27(24,25)18(17(22)21-23)9-11-20-12-10-18;/h1-8,20,23H,9-12H2,(H,21,22);1H. The largest absolute Gasteiger partial charge is 0.317 e. The summed E-state index contributed by atoms with van der Waals surface area (Å²) in [6.45, 7) is 0.732. The summed E-state index contributed by atoms with van der Waals surface area (Å²) in [5.74, 6) is -1.23. The lowest BCUT2D eigenvalue weighted by Gasteiger charge is -2.34. The van der Waals surface area contributed by atoms with Gasteiger partial charge in [-0.15, -0.1) is 12.4 Å². The topological polar surface area (TPSA) is 95.5 Å². The van der Waals surface area contributed by atoms with Crippen LogP contribution in [0.15, 0.2) is 63.2 Å². The summed E-state index contributed by atoms with van der Waals surface area (Å²) >= 11 is 1.37. The smallest absolute Gasteiger partial charge is 0.265 e. The van der Waals surface area contributed by atoms with Crippen molar-refractivity contribution in [3.8, 4) is 0 Å². The van der Waals surface area contributed by atoms with Gasteiger partial charge in [0, 0.05) is 9.79 Å². The fraction of sp³-hybridized carbons (Fsp3) is 0.278. The van der Waals surface area contributed by atoms with Gasteiger partial charge < -0.3 is 5.32 Å². The van der Waals surface area contributed by atoms with Crippen molar-refractivity contribution in [2.24, 2.45) is 0 Å². The summed E-state index contributed by atoms with van der Waals surface area (Å²) in [6.07, 6.45) is 0.154. The van der Waals surface area contributed by atoms with Crippen molar-refractivity contribution in [1.29, 1.82) is 0 Å². The second-order valence-corrected chi connectivity index (χ2v) is 9.62. The Labute approximate surface area is 173 Å². The van der Waals surface area contributed by atoms with Gasteiger partial charge in [-0.05, 0) is 74.5 Å². The highest BCUT2D eigenvalue weighted by Gasteiger charge is 2.51. The van der Waals surface area contributed by atoms with E-state index in [0.717, 1.165) is 9.79 Å². The Morgan fingerprint density at radius 1 is 1.04 bits per heavy atom. The van der Waals surface area contributed by atoms with Crippen LogP contribution in [-0.2, 0) is 14.6 Å². The molecule has 152 valence electrons. The van der Waals surface area contributed by atoms with Gasteiger partial charge in [-0.1, -0.05) is 11.8 Å². The summed E-state index contributed by atoms with van der Waals surface area (Å²) in [5, 5.41) is 12.1. The van der Waals surface area contributed by atoms with Gasteiger partial charge in [0.05, 0.1) is 4.90 Å². The number of nitrogens with one attached hydrogen (secondary N) is 2. The molecule has 0 atom stereocenters. The molecule has 2 aromatic carbocycles. The van der Waals surface area contributed by atoms with E-state index in [0.29, 0.717) is 13.1 Å². The number of carbonyl (C=O) groups excluding carboxylic acids is 1. The van der Waals surface area contributed by atoms with Gasteiger partial charge in [-0.2, -0.15) is 0 Å². The van der Waals surface area contributed by atoms with E-state index in [1.54, 1.807) is 24.3 Å². The maximum absolute atomic E-state index is 13.2. The lowest BCUT2D eigenvalue weighted by molar-refractivity contribution is -0.132. The zero-order valence-corrected chi connectivity index (χ0v) is 17.2. The molecule has 0 unspecified atom stereocenters. The van der Waals surface area contributed by atoms with Gasteiger partial charge in [-0.25, -0.2) is 18.3 Å². The van der Waals surface area contributed by atoms with Crippen molar-refractivity contribution >= 4 is 39.9 Å². The lowest BCUT2D eigenvalue weighted by Crippen LogP contribution is -2.57. The van der Waals surface area contributed by atoms with Gasteiger partial charge in [-0.3, -0.25) is 10.0 Å². The summed E-state index contributed by atoms with van der Waals surface area (Å²) < 4.78 is 37.6. The highest BCUT2D eigenvalue weighted by atomic mass is 35.5. The molecule has 0 saturated carbocycles. The molecule has 1 aliphatic rings. The van der Waals surface area contributed by atoms with Crippen LogP contribution in [0, 0.1) is 5.82 Å². The summed E-state index contributed by atoms with van der Waals surface area (Å²) in [6, 6.07) is 12.2. The number of piperidine rings is 1. The molecule has 3 rings (SSSR count). The molecule has 0 spiro atoms. The Morgan fingerprint density at radius 2 is 1.54 bits per heavy atom. The Morgan fingerprint density at radius 3 is 2.04 bits per heavy atom. The Bertz CT molecular complexity index is 916. The van der Waals surface area contributed by atoms with Crippen LogP contribution in [0.1, 0.15) is 12.8 Å². The number of hydrogen-bond acceptors (Lipinski definition) is 6. The minimum absolute atomic E-state index is 0. The lowest BCUT2D eigenvalue weighted by atomic mass is 9.96. The van der Waals surface area contributed by atoms with Crippen molar-refractivity contribution in [1.82, 2.24) is 10.8 Å². The van der Waals surface area contributed by atoms with E-state index in [4.69, 9.17) is 5.21 Å². The van der Waals surface area contributed by atoms with Crippen LogP contribution >= 0.6 is 24.2 Å². The average Bonchev–Trinajstić information content (AvgIpc) is 2.70. The third-order valence-electron chi connectivity index (χ3n) is 4.62. The second-order valence-electron chi connectivity index (χ2n) is 6.22. The zero-order chi connectivity index (χ0) is 19.5. The number of hydroxylamine groups is 1. The van der Waals surface area contributed by atoms with Gasteiger partial charge in [0.1, 0.15) is 5.82 Å². The third kappa shape index (κ3) is 4.33. The first-order valence-electron chi connectivity index (χ1n) is 8.32. The molecule has 0 bridgehead atoms. The van der Waals surface area contributed by atoms with E-state index >= 15 is 0 Å². The van der Waals surface area contributed by atoms with Crippen LogP contribution in [0.25, 0.3) is 0 Å². The van der Waals surface area contributed by atoms with E-state index in [-0.39, 0.29) is 36.0 Å². The number of hydrogen-bond donors (Lipinski definition) is 3. The molecule has 1 aliphatic heterocycles. The van der Waals surface area contributed by atoms with Gasteiger partial charge in [0.2, 0.25) is 0 Å². The Kier molecular flexibility index (Phi) is 7.46. The quantitative estimate of drug-likeness (QED) is 0.483. The van der Waals surface area contributed by atoms with E-state index < -0.39 is 20.5 Å². The molecule has 1 heterocycles. The fourth-order valence-corrected chi connectivity index (χ4v) is 5.89. The van der Waals surface area contributed by atoms with Crippen molar-refractivity contribution < 1.29 is 22.8 Å². The third-order valence-corrected chi connectivity index (χ3v) is 8.16. The molecule has 1 saturated heterocycles. The summed E-state index contributed by atoms with van der Waals surface area (Å²) in [7, 11) is -4.00. The number of sulfone groups is 1. The molecule has 3 N–H and O–H groups in total. The first-order chi connectivity index (χ1) is 12.9. The van der Waals surface area contributed by atoms with Crippen LogP contribution in [0.5, 0.6) is 0 Å². The van der Waals surface area contributed by atoms with Crippen LogP contribution in [0.3, 0.4) is 0 Å². The SMILES string of the molecule is Cl.O=C(NO)C1(S(=O)(=O)c2ccc(Sc3ccc(F)cc3)cc2)CCNCC1. The molecule has 0 aliphatic carbocycles. The summed E-state index contributed by atoms with van der Waals surface area (Å²) in [5.41, 5.74) is 1.52. The highest BCUT2D eigenvalue weighted by Crippen LogP contribution is 2.35. The molecular weight excluding hydrogens is 427 g/mol. The summed E-state index contributed by atoms with van der Waals surface area (Å²) in [4.78, 5) is 13.9. The number of halogens is 2. The first kappa shape index (κ1) is 22.6. The molecule has 6 nitrogen and oxygen atoms in total. The number of carbonyl (C=O) groups is 1. The Balaban J connectivity index is 0.00000280. The maximum Gasteiger partial charge on any atom is 0.265 e. The average molecular weight is 447 g/mol. The number of benzene rings is 2. The molecule has 1 fully saturated rings. The van der Waals surface area contributed by atoms with Crippen LogP contribution in [0.4, 0.5) is 4.39 Å². The second kappa shape index (κ2) is 9.23. The predicted molar refractivity (Wildman–Crippen MR) is 106 cm³/mol. The number of rotatable bonds is 5. The van der Waals surface area contributed by atoms with E-state index in [1.807, 2.05) is 0 Å². The van der Waals surface area contributed by atoms with Crippen molar-refractivity contribution in [3.63, 3.8) is 0 Å². The van der Waals surface area contributed by atoms with Crippen molar-refractivity contribution in [3.05, 3.63) is 54.3 Å². The van der Waals surface area contributed by atoms with Crippen LogP contribution < -0.4 is 10.8 Å². The molecular formula is C18H20ClFN2O4S2. The maximum atomic E-state index is 13.2. The van der Waals surface area contributed by atoms with E-state index in [9.17, 15) is 17.6 Å². The molecule has 10 heteroatoms. The Hall–Kier alpha value is -1.65. The predicted octanol–water partition coefficient (Wildman–Crippen LogP) is 2.80. The normalized spacial score (nSPS) is 16.1. The zero-order valence-electron chi connectivity index (χ0n) is 14.7. The van der Waals surface area contributed by atoms with Gasteiger partial charge in [0.15, 0.2) is 14.6 Å². The number of amides is 1. The molecule has 2 aromatic rings.